The van der Waals surface area contributed by atoms with Crippen LogP contribution in [0.5, 0.6) is 11.5 Å². The van der Waals surface area contributed by atoms with Gasteiger partial charge in [-0.1, -0.05) is 17.7 Å². The second-order valence-corrected chi connectivity index (χ2v) is 6.18. The van der Waals surface area contributed by atoms with Gasteiger partial charge < -0.3 is 14.6 Å². The molecule has 7 nitrogen and oxygen atoms in total. The molecule has 26 heavy (non-hydrogen) atoms. The van der Waals surface area contributed by atoms with Crippen LogP contribution in [-0.4, -0.2) is 27.8 Å². The summed E-state index contributed by atoms with van der Waals surface area (Å²) in [6, 6.07) is 9.47. The first-order chi connectivity index (χ1) is 12.6. The summed E-state index contributed by atoms with van der Waals surface area (Å²) < 4.78 is 10.6. The Balaban J connectivity index is 1.61. The predicted octanol–water partition coefficient (Wildman–Crippen LogP) is 2.93. The molecule has 1 atom stereocenters. The van der Waals surface area contributed by atoms with E-state index >= 15 is 0 Å². The minimum atomic E-state index is -1.000. The first-order valence-electron chi connectivity index (χ1n) is 7.87. The van der Waals surface area contributed by atoms with Gasteiger partial charge in [-0.25, -0.2) is 9.97 Å². The lowest BCUT2D eigenvalue weighted by Crippen LogP contribution is -2.28. The highest BCUT2D eigenvalue weighted by atomic mass is 35.5. The van der Waals surface area contributed by atoms with E-state index < -0.39 is 12.0 Å². The molecule has 0 saturated heterocycles. The maximum Gasteiger partial charge on any atom is 0.325 e. The average molecular weight is 372 g/mol. The summed E-state index contributed by atoms with van der Waals surface area (Å²) >= 11 is 6.06. The smallest absolute Gasteiger partial charge is 0.325 e. The van der Waals surface area contributed by atoms with Gasteiger partial charge in [-0.2, -0.15) is 0 Å². The van der Waals surface area contributed by atoms with Crippen LogP contribution in [0.25, 0.3) is 10.9 Å². The molecule has 1 unspecified atom stereocenters. The molecule has 0 radical (unpaired) electrons. The van der Waals surface area contributed by atoms with Crippen LogP contribution in [0, 0.1) is 0 Å². The molecule has 2 heterocycles. The van der Waals surface area contributed by atoms with Crippen molar-refractivity contribution in [3.8, 4) is 11.5 Å². The summed E-state index contributed by atoms with van der Waals surface area (Å²) in [5.41, 5.74) is 1.98. The normalized spacial score (nSPS) is 13.7. The fraction of sp³-hybridized carbons (Fsp3) is 0.167. The molecule has 0 amide bonds. The number of fused-ring (bicyclic) bond motifs is 2. The molecule has 1 aliphatic rings. The lowest BCUT2D eigenvalue weighted by atomic mass is 10.1. The van der Waals surface area contributed by atoms with E-state index in [1.807, 2.05) is 0 Å². The zero-order valence-electron chi connectivity index (χ0n) is 13.5. The molecule has 0 spiro atoms. The van der Waals surface area contributed by atoms with Gasteiger partial charge in [-0.3, -0.25) is 10.1 Å². The predicted molar refractivity (Wildman–Crippen MR) is 94.3 cm³/mol. The molecule has 2 N–H and O–H groups in total. The van der Waals surface area contributed by atoms with E-state index in [2.05, 4.69) is 15.3 Å². The molecule has 0 aliphatic carbocycles. The number of nitrogens with zero attached hydrogens (tertiary/aromatic N) is 2. The first kappa shape index (κ1) is 16.6. The molecule has 1 aliphatic heterocycles. The molecule has 132 valence electrons. The minimum absolute atomic E-state index is 0.137. The van der Waals surface area contributed by atoms with Crippen LogP contribution in [0.3, 0.4) is 0 Å². The van der Waals surface area contributed by atoms with Crippen LogP contribution in [0.4, 0.5) is 0 Å². The largest absolute Gasteiger partial charge is 0.480 e. The zero-order chi connectivity index (χ0) is 18.1. The van der Waals surface area contributed by atoms with Gasteiger partial charge in [0.1, 0.15) is 12.4 Å². The number of rotatable bonds is 5. The van der Waals surface area contributed by atoms with E-state index in [1.54, 1.807) is 36.4 Å². The molecule has 3 aromatic rings. The number of ether oxygens (including phenoxy) is 2. The van der Waals surface area contributed by atoms with Crippen LogP contribution in [0.15, 0.2) is 42.7 Å². The standard InChI is InChI=1S/C18H14ClN3O4/c19-11-2-3-13-12(6-11)14(22-8-21-13)7-20-17(18(23)24)10-1-4-15-16(5-10)26-9-25-15/h1-6,8,17,20H,7,9H2,(H,23,24). The Morgan fingerprint density at radius 2 is 2.04 bits per heavy atom. The van der Waals surface area contributed by atoms with Gasteiger partial charge in [0.15, 0.2) is 11.5 Å². The Morgan fingerprint density at radius 1 is 1.19 bits per heavy atom. The molecular weight excluding hydrogens is 358 g/mol. The van der Waals surface area contributed by atoms with Crippen LogP contribution >= 0.6 is 11.6 Å². The summed E-state index contributed by atoms with van der Waals surface area (Å²) in [6.07, 6.45) is 1.45. The second kappa shape index (κ2) is 6.78. The lowest BCUT2D eigenvalue weighted by Gasteiger charge is -2.16. The van der Waals surface area contributed by atoms with Gasteiger partial charge in [0.25, 0.3) is 0 Å². The van der Waals surface area contributed by atoms with E-state index in [4.69, 9.17) is 21.1 Å². The van der Waals surface area contributed by atoms with Crippen molar-refractivity contribution < 1.29 is 19.4 Å². The number of aliphatic carboxylic acids is 1. The summed E-state index contributed by atoms with van der Waals surface area (Å²) in [5.74, 6) is 0.143. The Kier molecular flexibility index (Phi) is 4.32. The second-order valence-electron chi connectivity index (χ2n) is 5.75. The fourth-order valence-corrected chi connectivity index (χ4v) is 3.03. The monoisotopic (exact) mass is 371 g/mol. The van der Waals surface area contributed by atoms with Crippen molar-refractivity contribution in [3.05, 3.63) is 59.0 Å². The van der Waals surface area contributed by atoms with Crippen LogP contribution in [0.2, 0.25) is 5.02 Å². The van der Waals surface area contributed by atoms with Gasteiger partial charge in [-0.05, 0) is 35.9 Å². The number of carboxylic acids is 1. The van der Waals surface area contributed by atoms with Crippen LogP contribution in [-0.2, 0) is 11.3 Å². The highest BCUT2D eigenvalue weighted by molar-refractivity contribution is 6.31. The van der Waals surface area contributed by atoms with Gasteiger partial charge in [0.05, 0.1) is 11.2 Å². The number of halogens is 1. The van der Waals surface area contributed by atoms with E-state index in [0.717, 1.165) is 10.9 Å². The molecule has 1 aromatic heterocycles. The third kappa shape index (κ3) is 3.14. The first-order valence-corrected chi connectivity index (χ1v) is 8.24. The summed E-state index contributed by atoms with van der Waals surface area (Å²) in [5, 5.41) is 14.0. The van der Waals surface area contributed by atoms with Gasteiger partial charge in [-0.15, -0.1) is 0 Å². The van der Waals surface area contributed by atoms with E-state index in [9.17, 15) is 9.90 Å². The topological polar surface area (TPSA) is 93.6 Å². The van der Waals surface area contributed by atoms with Gasteiger partial charge >= 0.3 is 5.97 Å². The maximum atomic E-state index is 11.8. The number of carbonyl (C=O) groups is 1. The highest BCUT2D eigenvalue weighted by Gasteiger charge is 2.23. The summed E-state index contributed by atoms with van der Waals surface area (Å²) in [7, 11) is 0. The third-order valence-electron chi connectivity index (χ3n) is 4.13. The Bertz CT molecular complexity index is 995. The zero-order valence-corrected chi connectivity index (χ0v) is 14.2. The van der Waals surface area contributed by atoms with E-state index in [-0.39, 0.29) is 13.3 Å². The van der Waals surface area contributed by atoms with Crippen molar-refractivity contribution in [2.24, 2.45) is 0 Å². The third-order valence-corrected chi connectivity index (χ3v) is 4.37. The summed E-state index contributed by atoms with van der Waals surface area (Å²) in [6.45, 7) is 0.377. The number of benzene rings is 2. The average Bonchev–Trinajstić information content (AvgIpc) is 3.09. The fourth-order valence-electron chi connectivity index (χ4n) is 2.86. The molecular formula is C18H14ClN3O4. The number of aromatic nitrogens is 2. The van der Waals surface area contributed by atoms with Crippen molar-refractivity contribution in [2.45, 2.75) is 12.6 Å². The van der Waals surface area contributed by atoms with Crippen molar-refractivity contribution in [2.75, 3.05) is 6.79 Å². The van der Waals surface area contributed by atoms with Gasteiger partial charge in [0, 0.05) is 17.0 Å². The minimum Gasteiger partial charge on any atom is -0.480 e. The van der Waals surface area contributed by atoms with Crippen molar-refractivity contribution in [1.82, 2.24) is 15.3 Å². The molecule has 8 heteroatoms. The van der Waals surface area contributed by atoms with E-state index in [1.165, 1.54) is 6.33 Å². The molecule has 0 bridgehead atoms. The summed E-state index contributed by atoms with van der Waals surface area (Å²) in [4.78, 5) is 20.2. The van der Waals surface area contributed by atoms with Gasteiger partial charge in [0.2, 0.25) is 6.79 Å². The number of nitrogens with one attached hydrogen (secondary N) is 1. The number of hydrogen-bond acceptors (Lipinski definition) is 6. The van der Waals surface area contributed by atoms with Crippen molar-refractivity contribution >= 4 is 28.5 Å². The van der Waals surface area contributed by atoms with Crippen molar-refractivity contribution in [1.29, 1.82) is 0 Å². The lowest BCUT2D eigenvalue weighted by molar-refractivity contribution is -0.139. The Morgan fingerprint density at radius 3 is 2.88 bits per heavy atom. The molecule has 2 aromatic carbocycles. The SMILES string of the molecule is O=C(O)C(NCc1ncnc2ccc(Cl)cc12)c1ccc2c(c1)OCO2. The maximum absolute atomic E-state index is 11.8. The van der Waals surface area contributed by atoms with Crippen LogP contribution in [0.1, 0.15) is 17.3 Å². The van der Waals surface area contributed by atoms with E-state index in [0.29, 0.717) is 27.8 Å². The molecule has 0 saturated carbocycles. The molecule has 4 rings (SSSR count). The molecule has 0 fully saturated rings. The Hall–Kier alpha value is -2.90. The quantitative estimate of drug-likeness (QED) is 0.712. The van der Waals surface area contributed by atoms with Crippen molar-refractivity contribution in [3.63, 3.8) is 0 Å². The number of hydrogen-bond donors (Lipinski definition) is 2. The Labute approximate surface area is 153 Å². The van der Waals surface area contributed by atoms with Crippen LogP contribution < -0.4 is 14.8 Å². The highest BCUT2D eigenvalue weighted by Crippen LogP contribution is 2.34. The number of carboxylic acid groups (broad SMARTS) is 1.